The molecule has 0 unspecified atom stereocenters. The van der Waals surface area contributed by atoms with E-state index in [0.717, 1.165) is 0 Å². The van der Waals surface area contributed by atoms with Gasteiger partial charge in [0, 0.05) is 19.3 Å². The van der Waals surface area contributed by atoms with Crippen LogP contribution in [0.1, 0.15) is 10.5 Å². The molecule has 2 rings (SSSR count). The Kier molecular flexibility index (Phi) is 3.09. The number of amides is 1. The molecule has 0 aliphatic carbocycles. The molecule has 1 amide bonds. The number of aryl methyl sites for hydroxylation is 1. The smallest absolute Gasteiger partial charge is 0.272 e. The molecule has 0 spiro atoms. The standard InChI is InChI=1S/C12H13N3O2/c1-15-7-3-4-10(15)12(16)14-9-5-6-11(17-2)13-8-9/h3-8H,1-2H3,(H,14,16). The summed E-state index contributed by atoms with van der Waals surface area (Å²) in [6.45, 7) is 0. The molecule has 17 heavy (non-hydrogen) atoms. The number of pyridine rings is 1. The molecule has 0 aliphatic rings. The van der Waals surface area contributed by atoms with Crippen LogP contribution in [0.2, 0.25) is 0 Å². The fourth-order valence-electron chi connectivity index (χ4n) is 1.47. The van der Waals surface area contributed by atoms with Crippen LogP contribution in [0.25, 0.3) is 0 Å². The third kappa shape index (κ3) is 2.44. The minimum absolute atomic E-state index is 0.163. The van der Waals surface area contributed by atoms with Gasteiger partial charge in [-0.25, -0.2) is 4.98 Å². The molecule has 0 saturated carbocycles. The first-order chi connectivity index (χ1) is 8.20. The van der Waals surface area contributed by atoms with Crippen molar-refractivity contribution in [2.45, 2.75) is 0 Å². The van der Waals surface area contributed by atoms with E-state index < -0.39 is 0 Å². The molecule has 2 aromatic heterocycles. The molecule has 0 bridgehead atoms. The number of hydrogen-bond acceptors (Lipinski definition) is 3. The van der Waals surface area contributed by atoms with Crippen LogP contribution in [0.4, 0.5) is 5.69 Å². The van der Waals surface area contributed by atoms with Crippen molar-refractivity contribution in [3.05, 3.63) is 42.4 Å². The number of methoxy groups -OCH3 is 1. The Morgan fingerprint density at radius 1 is 1.41 bits per heavy atom. The van der Waals surface area contributed by atoms with Crippen LogP contribution in [0.3, 0.4) is 0 Å². The van der Waals surface area contributed by atoms with E-state index in [-0.39, 0.29) is 5.91 Å². The summed E-state index contributed by atoms with van der Waals surface area (Å²) < 4.78 is 6.69. The molecule has 5 heteroatoms. The average Bonchev–Trinajstić information content (AvgIpc) is 2.76. The zero-order chi connectivity index (χ0) is 12.3. The molecule has 88 valence electrons. The second-order valence-corrected chi connectivity index (χ2v) is 3.55. The van der Waals surface area contributed by atoms with Gasteiger partial charge in [-0.2, -0.15) is 0 Å². The molecule has 0 radical (unpaired) electrons. The number of aromatic nitrogens is 2. The molecule has 2 aromatic rings. The van der Waals surface area contributed by atoms with E-state index in [1.807, 2.05) is 19.3 Å². The van der Waals surface area contributed by atoms with E-state index in [1.165, 1.54) is 0 Å². The van der Waals surface area contributed by atoms with Crippen molar-refractivity contribution in [3.8, 4) is 5.88 Å². The van der Waals surface area contributed by atoms with Crippen LogP contribution < -0.4 is 10.1 Å². The maximum Gasteiger partial charge on any atom is 0.272 e. The maximum atomic E-state index is 11.9. The first-order valence-electron chi connectivity index (χ1n) is 5.13. The number of ether oxygens (including phenoxy) is 1. The SMILES string of the molecule is COc1ccc(NC(=O)c2cccn2C)cn1. The van der Waals surface area contributed by atoms with Crippen molar-refractivity contribution < 1.29 is 9.53 Å². The van der Waals surface area contributed by atoms with E-state index in [0.29, 0.717) is 17.3 Å². The van der Waals surface area contributed by atoms with Gasteiger partial charge in [0.15, 0.2) is 0 Å². The van der Waals surface area contributed by atoms with Gasteiger partial charge < -0.3 is 14.6 Å². The lowest BCUT2D eigenvalue weighted by Crippen LogP contribution is -2.15. The molecular weight excluding hydrogens is 218 g/mol. The maximum absolute atomic E-state index is 11.9. The van der Waals surface area contributed by atoms with Gasteiger partial charge in [-0.3, -0.25) is 4.79 Å². The highest BCUT2D eigenvalue weighted by atomic mass is 16.5. The lowest BCUT2D eigenvalue weighted by Gasteiger charge is -2.06. The molecule has 1 N–H and O–H groups in total. The Hall–Kier alpha value is -2.30. The summed E-state index contributed by atoms with van der Waals surface area (Å²) in [5, 5.41) is 2.76. The zero-order valence-electron chi connectivity index (χ0n) is 9.68. The predicted octanol–water partition coefficient (Wildman–Crippen LogP) is 1.68. The third-order valence-electron chi connectivity index (χ3n) is 2.38. The van der Waals surface area contributed by atoms with E-state index in [4.69, 9.17) is 4.74 Å². The van der Waals surface area contributed by atoms with Crippen molar-refractivity contribution in [1.82, 2.24) is 9.55 Å². The summed E-state index contributed by atoms with van der Waals surface area (Å²) >= 11 is 0. The van der Waals surface area contributed by atoms with Gasteiger partial charge in [0.1, 0.15) is 5.69 Å². The summed E-state index contributed by atoms with van der Waals surface area (Å²) in [6.07, 6.45) is 3.38. The van der Waals surface area contributed by atoms with Crippen LogP contribution in [-0.2, 0) is 7.05 Å². The first-order valence-corrected chi connectivity index (χ1v) is 5.13. The lowest BCUT2D eigenvalue weighted by atomic mass is 10.3. The Morgan fingerprint density at radius 2 is 2.24 bits per heavy atom. The van der Waals surface area contributed by atoms with Crippen LogP contribution in [0.15, 0.2) is 36.7 Å². The van der Waals surface area contributed by atoms with Crippen LogP contribution in [0, 0.1) is 0 Å². The fraction of sp³-hybridized carbons (Fsp3) is 0.167. The minimum atomic E-state index is -0.163. The van der Waals surface area contributed by atoms with Crippen LogP contribution >= 0.6 is 0 Å². The van der Waals surface area contributed by atoms with Crippen molar-refractivity contribution in [3.63, 3.8) is 0 Å². The Morgan fingerprint density at radius 3 is 2.76 bits per heavy atom. The summed E-state index contributed by atoms with van der Waals surface area (Å²) in [5.41, 5.74) is 1.23. The van der Waals surface area contributed by atoms with Gasteiger partial charge >= 0.3 is 0 Å². The fourth-order valence-corrected chi connectivity index (χ4v) is 1.47. The Bertz CT molecular complexity index is 517. The number of carbonyl (C=O) groups excluding carboxylic acids is 1. The van der Waals surface area contributed by atoms with Gasteiger partial charge in [-0.15, -0.1) is 0 Å². The van der Waals surface area contributed by atoms with Crippen molar-refractivity contribution in [2.75, 3.05) is 12.4 Å². The van der Waals surface area contributed by atoms with E-state index in [9.17, 15) is 4.79 Å². The highest BCUT2D eigenvalue weighted by Crippen LogP contribution is 2.12. The van der Waals surface area contributed by atoms with E-state index in [2.05, 4.69) is 10.3 Å². The monoisotopic (exact) mass is 231 g/mol. The minimum Gasteiger partial charge on any atom is -0.481 e. The molecular formula is C12H13N3O2. The number of rotatable bonds is 3. The second-order valence-electron chi connectivity index (χ2n) is 3.55. The summed E-state index contributed by atoms with van der Waals surface area (Å²) in [5.74, 6) is 0.353. The van der Waals surface area contributed by atoms with E-state index >= 15 is 0 Å². The highest BCUT2D eigenvalue weighted by Gasteiger charge is 2.08. The van der Waals surface area contributed by atoms with Crippen molar-refractivity contribution in [1.29, 1.82) is 0 Å². The van der Waals surface area contributed by atoms with E-state index in [1.54, 1.807) is 36.1 Å². The number of nitrogens with one attached hydrogen (secondary N) is 1. The average molecular weight is 231 g/mol. The molecule has 0 atom stereocenters. The van der Waals surface area contributed by atoms with Gasteiger partial charge in [0.2, 0.25) is 5.88 Å². The molecule has 0 fully saturated rings. The molecule has 2 heterocycles. The van der Waals surface area contributed by atoms with Crippen molar-refractivity contribution >= 4 is 11.6 Å². The van der Waals surface area contributed by atoms with Gasteiger partial charge in [0.05, 0.1) is 19.0 Å². The lowest BCUT2D eigenvalue weighted by molar-refractivity contribution is 0.101. The topological polar surface area (TPSA) is 56.1 Å². The van der Waals surface area contributed by atoms with Gasteiger partial charge in [0.25, 0.3) is 5.91 Å². The van der Waals surface area contributed by atoms with Crippen LogP contribution in [-0.4, -0.2) is 22.6 Å². The largest absolute Gasteiger partial charge is 0.481 e. The quantitative estimate of drug-likeness (QED) is 0.874. The third-order valence-corrected chi connectivity index (χ3v) is 2.38. The number of nitrogens with zero attached hydrogens (tertiary/aromatic N) is 2. The van der Waals surface area contributed by atoms with Crippen LogP contribution in [0.5, 0.6) is 5.88 Å². The Labute approximate surface area is 99.0 Å². The predicted molar refractivity (Wildman–Crippen MR) is 64.2 cm³/mol. The normalized spacial score (nSPS) is 10.0. The number of anilines is 1. The number of hydrogen-bond donors (Lipinski definition) is 1. The zero-order valence-corrected chi connectivity index (χ0v) is 9.68. The molecule has 0 saturated heterocycles. The summed E-state index contributed by atoms with van der Waals surface area (Å²) in [6, 6.07) is 7.01. The highest BCUT2D eigenvalue weighted by molar-refractivity contribution is 6.03. The summed E-state index contributed by atoms with van der Waals surface area (Å²) in [7, 11) is 3.37. The second kappa shape index (κ2) is 4.69. The molecule has 5 nitrogen and oxygen atoms in total. The Balaban J connectivity index is 2.10. The van der Waals surface area contributed by atoms with Gasteiger partial charge in [-0.05, 0) is 18.2 Å². The van der Waals surface area contributed by atoms with Gasteiger partial charge in [-0.1, -0.05) is 0 Å². The molecule has 0 aromatic carbocycles. The first kappa shape index (κ1) is 11.2. The molecule has 0 aliphatic heterocycles. The summed E-state index contributed by atoms with van der Waals surface area (Å²) in [4.78, 5) is 15.9. The van der Waals surface area contributed by atoms with Crippen molar-refractivity contribution in [2.24, 2.45) is 7.05 Å². The number of carbonyl (C=O) groups is 1.